The summed E-state index contributed by atoms with van der Waals surface area (Å²) in [4.78, 5) is 21.2. The molecule has 6 heteroatoms. The molecule has 0 fully saturated rings. The Kier molecular flexibility index (Phi) is 3.92. The number of hydrogen-bond donors (Lipinski definition) is 1. The molecule has 0 aromatic heterocycles. The summed E-state index contributed by atoms with van der Waals surface area (Å²) in [7, 11) is 0. The summed E-state index contributed by atoms with van der Waals surface area (Å²) in [5, 5.41) is 13.0. The van der Waals surface area contributed by atoms with Crippen molar-refractivity contribution in [2.45, 2.75) is 6.92 Å². The molecule has 0 radical (unpaired) electrons. The third kappa shape index (κ3) is 3.37. The van der Waals surface area contributed by atoms with E-state index < -0.39 is 22.3 Å². The van der Waals surface area contributed by atoms with Crippen molar-refractivity contribution in [1.82, 2.24) is 5.32 Å². The van der Waals surface area contributed by atoms with Crippen molar-refractivity contribution in [3.8, 4) is 0 Å². The summed E-state index contributed by atoms with van der Waals surface area (Å²) < 4.78 is 13.0. The van der Waals surface area contributed by atoms with Crippen molar-refractivity contribution in [2.75, 3.05) is 6.54 Å². The predicted molar refractivity (Wildman–Crippen MR) is 60.2 cm³/mol. The van der Waals surface area contributed by atoms with E-state index in [4.69, 9.17) is 0 Å². The van der Waals surface area contributed by atoms with Gasteiger partial charge in [-0.05, 0) is 19.1 Å². The number of rotatable bonds is 4. The molecule has 0 aliphatic heterocycles. The van der Waals surface area contributed by atoms with E-state index in [0.29, 0.717) is 0 Å². The van der Waals surface area contributed by atoms with Gasteiger partial charge in [0.1, 0.15) is 0 Å². The van der Waals surface area contributed by atoms with Crippen LogP contribution in [0.2, 0.25) is 0 Å². The molecular weight excluding hydrogens is 227 g/mol. The fourth-order valence-corrected chi connectivity index (χ4v) is 1.13. The highest BCUT2D eigenvalue weighted by Crippen LogP contribution is 2.18. The summed E-state index contributed by atoms with van der Waals surface area (Å²) in [6.45, 7) is 5.60. The zero-order chi connectivity index (χ0) is 13.0. The van der Waals surface area contributed by atoms with Crippen LogP contribution in [0.1, 0.15) is 17.3 Å². The first-order valence-corrected chi connectivity index (χ1v) is 4.78. The third-order valence-electron chi connectivity index (χ3n) is 1.96. The number of nitro benzene ring substituents is 1. The van der Waals surface area contributed by atoms with Crippen LogP contribution in [0.4, 0.5) is 10.1 Å². The van der Waals surface area contributed by atoms with Crippen LogP contribution < -0.4 is 5.32 Å². The molecule has 17 heavy (non-hydrogen) atoms. The van der Waals surface area contributed by atoms with E-state index >= 15 is 0 Å². The Morgan fingerprint density at radius 3 is 2.76 bits per heavy atom. The average molecular weight is 238 g/mol. The molecule has 0 bridgehead atoms. The summed E-state index contributed by atoms with van der Waals surface area (Å²) in [5.41, 5.74) is 0.0716. The van der Waals surface area contributed by atoms with Crippen LogP contribution in [-0.2, 0) is 0 Å². The largest absolute Gasteiger partial charge is 0.348 e. The van der Waals surface area contributed by atoms with E-state index in [1.54, 1.807) is 6.92 Å². The van der Waals surface area contributed by atoms with Crippen LogP contribution >= 0.6 is 0 Å². The summed E-state index contributed by atoms with van der Waals surface area (Å²) in [6, 6.07) is 2.99. The Bertz CT molecular complexity index is 486. The minimum Gasteiger partial charge on any atom is -0.348 e. The Balaban J connectivity index is 2.92. The van der Waals surface area contributed by atoms with Gasteiger partial charge in [0, 0.05) is 18.2 Å². The van der Waals surface area contributed by atoms with Crippen LogP contribution in [0.5, 0.6) is 0 Å². The number of carbonyl (C=O) groups excluding carboxylic acids is 1. The SMILES string of the molecule is C=C(C)CNC(=O)c1ccc(F)c([N+](=O)[O-])c1. The number of nitrogens with zero attached hydrogens (tertiary/aromatic N) is 1. The van der Waals surface area contributed by atoms with Crippen molar-refractivity contribution in [3.05, 3.63) is 51.8 Å². The highest BCUT2D eigenvalue weighted by atomic mass is 19.1. The van der Waals surface area contributed by atoms with Gasteiger partial charge in [-0.15, -0.1) is 0 Å². The Morgan fingerprint density at radius 2 is 2.24 bits per heavy atom. The lowest BCUT2D eigenvalue weighted by atomic mass is 10.2. The highest BCUT2D eigenvalue weighted by Gasteiger charge is 2.17. The van der Waals surface area contributed by atoms with Crippen molar-refractivity contribution in [1.29, 1.82) is 0 Å². The van der Waals surface area contributed by atoms with Gasteiger partial charge in [0.25, 0.3) is 5.91 Å². The average Bonchev–Trinajstić information content (AvgIpc) is 2.26. The quantitative estimate of drug-likeness (QED) is 0.495. The maximum absolute atomic E-state index is 13.0. The fraction of sp³-hybridized carbons (Fsp3) is 0.182. The zero-order valence-electron chi connectivity index (χ0n) is 9.20. The number of halogens is 1. The van der Waals surface area contributed by atoms with Gasteiger partial charge in [0.05, 0.1) is 4.92 Å². The van der Waals surface area contributed by atoms with Gasteiger partial charge in [-0.3, -0.25) is 14.9 Å². The summed E-state index contributed by atoms with van der Waals surface area (Å²) in [6.07, 6.45) is 0. The van der Waals surface area contributed by atoms with Gasteiger partial charge in [0.2, 0.25) is 5.82 Å². The maximum atomic E-state index is 13.0. The molecule has 1 N–H and O–H groups in total. The third-order valence-corrected chi connectivity index (χ3v) is 1.96. The predicted octanol–water partition coefficient (Wildman–Crippen LogP) is 2.04. The van der Waals surface area contributed by atoms with E-state index in [9.17, 15) is 19.3 Å². The van der Waals surface area contributed by atoms with Gasteiger partial charge >= 0.3 is 5.69 Å². The fourth-order valence-electron chi connectivity index (χ4n) is 1.13. The lowest BCUT2D eigenvalue weighted by molar-refractivity contribution is -0.387. The Hall–Kier alpha value is -2.24. The molecule has 5 nitrogen and oxygen atoms in total. The lowest BCUT2D eigenvalue weighted by Crippen LogP contribution is -2.24. The second-order valence-corrected chi connectivity index (χ2v) is 3.56. The van der Waals surface area contributed by atoms with E-state index in [-0.39, 0.29) is 12.1 Å². The normalized spacial score (nSPS) is 9.76. The molecule has 0 atom stereocenters. The van der Waals surface area contributed by atoms with Gasteiger partial charge in [-0.1, -0.05) is 12.2 Å². The molecule has 1 rings (SSSR count). The monoisotopic (exact) mass is 238 g/mol. The van der Waals surface area contributed by atoms with E-state index in [0.717, 1.165) is 17.7 Å². The highest BCUT2D eigenvalue weighted by molar-refractivity contribution is 5.94. The van der Waals surface area contributed by atoms with Crippen LogP contribution in [0.25, 0.3) is 0 Å². The Morgan fingerprint density at radius 1 is 1.59 bits per heavy atom. The molecule has 1 amide bonds. The first-order chi connectivity index (χ1) is 7.91. The van der Waals surface area contributed by atoms with Crippen molar-refractivity contribution >= 4 is 11.6 Å². The second-order valence-electron chi connectivity index (χ2n) is 3.56. The molecule has 0 aliphatic rings. The summed E-state index contributed by atoms with van der Waals surface area (Å²) in [5.74, 6) is -1.47. The lowest BCUT2D eigenvalue weighted by Gasteiger charge is -2.04. The first kappa shape index (κ1) is 12.8. The first-order valence-electron chi connectivity index (χ1n) is 4.78. The number of amides is 1. The van der Waals surface area contributed by atoms with Crippen LogP contribution in [0.3, 0.4) is 0 Å². The molecule has 0 unspecified atom stereocenters. The molecule has 0 spiro atoms. The molecule has 0 saturated heterocycles. The molecular formula is C11H11FN2O3. The molecule has 1 aromatic carbocycles. The number of nitro groups is 1. The van der Waals surface area contributed by atoms with Crippen molar-refractivity contribution in [3.63, 3.8) is 0 Å². The van der Waals surface area contributed by atoms with Gasteiger partial charge < -0.3 is 5.32 Å². The smallest absolute Gasteiger partial charge is 0.305 e. The van der Waals surface area contributed by atoms with Crippen molar-refractivity contribution in [2.24, 2.45) is 0 Å². The molecule has 0 saturated carbocycles. The van der Waals surface area contributed by atoms with Crippen molar-refractivity contribution < 1.29 is 14.1 Å². The van der Waals surface area contributed by atoms with Gasteiger partial charge in [-0.25, -0.2) is 0 Å². The number of benzene rings is 1. The van der Waals surface area contributed by atoms with E-state index in [1.807, 2.05) is 0 Å². The van der Waals surface area contributed by atoms with Crippen LogP contribution in [-0.4, -0.2) is 17.4 Å². The molecule has 1 aromatic rings. The van der Waals surface area contributed by atoms with Crippen LogP contribution in [0.15, 0.2) is 30.4 Å². The minimum absolute atomic E-state index is 0.0411. The zero-order valence-corrected chi connectivity index (χ0v) is 9.20. The molecule has 0 heterocycles. The van der Waals surface area contributed by atoms with E-state index in [2.05, 4.69) is 11.9 Å². The number of hydrogen-bond acceptors (Lipinski definition) is 3. The van der Waals surface area contributed by atoms with Gasteiger partial charge in [-0.2, -0.15) is 4.39 Å². The van der Waals surface area contributed by atoms with Gasteiger partial charge in [0.15, 0.2) is 0 Å². The second kappa shape index (κ2) is 5.20. The maximum Gasteiger partial charge on any atom is 0.305 e. The number of nitrogens with one attached hydrogen (secondary N) is 1. The summed E-state index contributed by atoms with van der Waals surface area (Å²) >= 11 is 0. The number of carbonyl (C=O) groups is 1. The van der Waals surface area contributed by atoms with Crippen LogP contribution in [0, 0.1) is 15.9 Å². The Labute approximate surface area is 97.1 Å². The topological polar surface area (TPSA) is 72.2 Å². The molecule has 90 valence electrons. The minimum atomic E-state index is -0.966. The standard InChI is InChI=1S/C11H11FN2O3/c1-7(2)6-13-11(15)8-3-4-9(12)10(5-8)14(16)17/h3-5H,1,6H2,2H3,(H,13,15). The molecule has 0 aliphatic carbocycles. The van der Waals surface area contributed by atoms with E-state index in [1.165, 1.54) is 6.07 Å².